The summed E-state index contributed by atoms with van der Waals surface area (Å²) in [5.41, 5.74) is 1.93. The van der Waals surface area contributed by atoms with E-state index in [4.69, 9.17) is 4.74 Å². The number of rotatable bonds is 6. The normalized spacial score (nSPS) is 12.0. The van der Waals surface area contributed by atoms with Gasteiger partial charge in [-0.05, 0) is 31.2 Å². The van der Waals surface area contributed by atoms with Crippen molar-refractivity contribution in [3.05, 3.63) is 72.0 Å². The van der Waals surface area contributed by atoms with E-state index >= 15 is 0 Å². The molecule has 4 rings (SSSR count). The van der Waals surface area contributed by atoms with Crippen molar-refractivity contribution in [2.24, 2.45) is 0 Å². The summed E-state index contributed by atoms with van der Waals surface area (Å²) in [4.78, 5) is 13.3. The van der Waals surface area contributed by atoms with Gasteiger partial charge in [-0.2, -0.15) is 0 Å². The number of nitrogens with one attached hydrogen (secondary N) is 1. The molecule has 2 heterocycles. The van der Waals surface area contributed by atoms with Crippen molar-refractivity contribution >= 4 is 28.1 Å². The van der Waals surface area contributed by atoms with Crippen molar-refractivity contribution in [2.45, 2.75) is 19.4 Å². The molecule has 0 amide bonds. The molecule has 0 aliphatic rings. The predicted molar refractivity (Wildman–Crippen MR) is 105 cm³/mol. The number of hydrogen-bond donors (Lipinski definition) is 1. The third-order valence-corrected chi connectivity index (χ3v) is 4.69. The van der Waals surface area contributed by atoms with Gasteiger partial charge in [-0.3, -0.25) is 0 Å². The lowest BCUT2D eigenvalue weighted by Crippen LogP contribution is -2.19. The Bertz CT molecular complexity index is 998. The van der Waals surface area contributed by atoms with E-state index in [1.165, 1.54) is 11.3 Å². The average Bonchev–Trinajstić information content (AvgIpc) is 3.09. The molecule has 130 valence electrons. The van der Waals surface area contributed by atoms with Crippen LogP contribution in [-0.4, -0.2) is 21.0 Å². The summed E-state index contributed by atoms with van der Waals surface area (Å²) in [5, 5.41) is 7.18. The summed E-state index contributed by atoms with van der Waals surface area (Å²) < 4.78 is 5.78. The maximum Gasteiger partial charge on any atom is 0.278 e. The van der Waals surface area contributed by atoms with Crippen molar-refractivity contribution in [3.8, 4) is 10.9 Å². The monoisotopic (exact) mass is 362 g/mol. The van der Waals surface area contributed by atoms with Crippen molar-refractivity contribution in [1.82, 2.24) is 15.0 Å². The Morgan fingerprint density at radius 3 is 2.73 bits per heavy atom. The molecule has 26 heavy (non-hydrogen) atoms. The number of nitrogens with zero attached hydrogens (tertiary/aromatic N) is 3. The van der Waals surface area contributed by atoms with Crippen LogP contribution in [0.4, 0.5) is 5.82 Å². The molecular weight excluding hydrogens is 344 g/mol. The summed E-state index contributed by atoms with van der Waals surface area (Å²) in [6.07, 6.45) is 2.37. The molecule has 0 radical (unpaired) electrons. The number of ether oxygens (including phenoxy) is 1. The number of para-hydroxylation sites is 2. The van der Waals surface area contributed by atoms with Gasteiger partial charge in [-0.15, -0.1) is 0 Å². The molecule has 1 unspecified atom stereocenters. The second kappa shape index (κ2) is 7.49. The van der Waals surface area contributed by atoms with Crippen LogP contribution in [0.1, 0.15) is 12.6 Å². The van der Waals surface area contributed by atoms with Gasteiger partial charge in [-0.25, -0.2) is 15.0 Å². The fourth-order valence-electron chi connectivity index (χ4n) is 2.74. The van der Waals surface area contributed by atoms with E-state index in [-0.39, 0.29) is 6.04 Å². The SMILES string of the molecule is CC(Cc1csc(Oc2ccccc2)n1)Nc1ncnc2ccccc12. The zero-order chi connectivity index (χ0) is 17.8. The van der Waals surface area contributed by atoms with Crippen LogP contribution >= 0.6 is 11.3 Å². The number of hydrogen-bond acceptors (Lipinski definition) is 6. The molecule has 1 N–H and O–H groups in total. The smallest absolute Gasteiger partial charge is 0.278 e. The molecule has 0 aliphatic heterocycles. The van der Waals surface area contributed by atoms with Crippen LogP contribution in [0.15, 0.2) is 66.3 Å². The zero-order valence-electron chi connectivity index (χ0n) is 14.3. The summed E-state index contributed by atoms with van der Waals surface area (Å²) in [6.45, 7) is 2.12. The van der Waals surface area contributed by atoms with Crippen LogP contribution in [0, 0.1) is 0 Å². The molecule has 0 spiro atoms. The first-order chi connectivity index (χ1) is 12.8. The molecule has 2 aromatic carbocycles. The first-order valence-electron chi connectivity index (χ1n) is 8.41. The number of benzene rings is 2. The van der Waals surface area contributed by atoms with Crippen LogP contribution in [-0.2, 0) is 6.42 Å². The number of anilines is 1. The van der Waals surface area contributed by atoms with Gasteiger partial charge in [0.15, 0.2) is 0 Å². The third-order valence-electron chi connectivity index (χ3n) is 3.92. The van der Waals surface area contributed by atoms with E-state index in [0.29, 0.717) is 5.19 Å². The Balaban J connectivity index is 1.43. The summed E-state index contributed by atoms with van der Waals surface area (Å²) in [6, 6.07) is 17.9. The minimum Gasteiger partial charge on any atom is -0.431 e. The minimum atomic E-state index is 0.181. The first-order valence-corrected chi connectivity index (χ1v) is 9.29. The first kappa shape index (κ1) is 16.5. The topological polar surface area (TPSA) is 59.9 Å². The quantitative estimate of drug-likeness (QED) is 0.527. The number of aromatic nitrogens is 3. The Kier molecular flexibility index (Phi) is 4.75. The maximum atomic E-state index is 5.78. The van der Waals surface area contributed by atoms with E-state index in [1.807, 2.05) is 60.0 Å². The minimum absolute atomic E-state index is 0.181. The molecule has 2 aromatic heterocycles. The van der Waals surface area contributed by atoms with Crippen LogP contribution in [0.3, 0.4) is 0 Å². The molecule has 0 saturated carbocycles. The van der Waals surface area contributed by atoms with Gasteiger partial charge >= 0.3 is 0 Å². The largest absolute Gasteiger partial charge is 0.431 e. The fraction of sp³-hybridized carbons (Fsp3) is 0.150. The molecular formula is C20H18N4OS. The van der Waals surface area contributed by atoms with Crippen LogP contribution in [0.25, 0.3) is 10.9 Å². The van der Waals surface area contributed by atoms with Gasteiger partial charge in [0.2, 0.25) is 0 Å². The van der Waals surface area contributed by atoms with Gasteiger partial charge in [0.1, 0.15) is 17.9 Å². The van der Waals surface area contributed by atoms with E-state index < -0.39 is 0 Å². The molecule has 0 saturated heterocycles. The highest BCUT2D eigenvalue weighted by Crippen LogP contribution is 2.26. The Morgan fingerprint density at radius 1 is 1.04 bits per heavy atom. The lowest BCUT2D eigenvalue weighted by atomic mass is 10.2. The van der Waals surface area contributed by atoms with Gasteiger partial charge in [-0.1, -0.05) is 41.7 Å². The Labute approximate surface area is 155 Å². The molecule has 0 bridgehead atoms. The Hall–Kier alpha value is -2.99. The van der Waals surface area contributed by atoms with Crippen molar-refractivity contribution in [3.63, 3.8) is 0 Å². The summed E-state index contributed by atoms with van der Waals surface area (Å²) >= 11 is 1.51. The number of thiazole rings is 1. The second-order valence-electron chi connectivity index (χ2n) is 6.01. The van der Waals surface area contributed by atoms with Gasteiger partial charge in [0, 0.05) is 23.2 Å². The molecule has 6 heteroatoms. The lowest BCUT2D eigenvalue weighted by Gasteiger charge is -2.14. The van der Waals surface area contributed by atoms with Gasteiger partial charge in [0.25, 0.3) is 5.19 Å². The molecule has 0 aliphatic carbocycles. The van der Waals surface area contributed by atoms with Crippen LogP contribution < -0.4 is 10.1 Å². The van der Waals surface area contributed by atoms with Crippen molar-refractivity contribution in [1.29, 1.82) is 0 Å². The van der Waals surface area contributed by atoms with Crippen molar-refractivity contribution < 1.29 is 4.74 Å². The summed E-state index contributed by atoms with van der Waals surface area (Å²) in [7, 11) is 0. The Morgan fingerprint density at radius 2 is 1.85 bits per heavy atom. The second-order valence-corrected chi connectivity index (χ2v) is 6.83. The standard InChI is InChI=1S/C20H18N4OS/c1-14(23-19-17-9-5-6-10-18(17)21-13-22-19)11-15-12-26-20(24-15)25-16-7-3-2-4-8-16/h2-10,12-14H,11H2,1H3,(H,21,22,23). The maximum absolute atomic E-state index is 5.78. The van der Waals surface area contributed by atoms with Crippen LogP contribution in [0.5, 0.6) is 10.9 Å². The van der Waals surface area contributed by atoms with E-state index in [2.05, 4.69) is 27.2 Å². The zero-order valence-corrected chi connectivity index (χ0v) is 15.1. The van der Waals surface area contributed by atoms with E-state index in [9.17, 15) is 0 Å². The molecule has 1 atom stereocenters. The predicted octanol–water partition coefficient (Wildman–Crippen LogP) is 4.92. The van der Waals surface area contributed by atoms with Gasteiger partial charge in [0.05, 0.1) is 11.2 Å². The van der Waals surface area contributed by atoms with E-state index in [0.717, 1.165) is 34.6 Å². The van der Waals surface area contributed by atoms with Gasteiger partial charge < -0.3 is 10.1 Å². The fourth-order valence-corrected chi connectivity index (χ4v) is 3.44. The average molecular weight is 362 g/mol. The molecule has 4 aromatic rings. The third kappa shape index (κ3) is 3.81. The van der Waals surface area contributed by atoms with E-state index in [1.54, 1.807) is 6.33 Å². The van der Waals surface area contributed by atoms with Crippen LogP contribution in [0.2, 0.25) is 0 Å². The highest BCUT2D eigenvalue weighted by molar-refractivity contribution is 7.11. The molecule has 0 fully saturated rings. The molecule has 5 nitrogen and oxygen atoms in total. The number of fused-ring (bicyclic) bond motifs is 1. The lowest BCUT2D eigenvalue weighted by molar-refractivity contribution is 0.477. The highest BCUT2D eigenvalue weighted by atomic mass is 32.1. The summed E-state index contributed by atoms with van der Waals surface area (Å²) in [5.74, 6) is 1.64. The highest BCUT2D eigenvalue weighted by Gasteiger charge is 2.11. The van der Waals surface area contributed by atoms with Crippen molar-refractivity contribution in [2.75, 3.05) is 5.32 Å².